The van der Waals surface area contributed by atoms with Gasteiger partial charge in [0.05, 0.1) is 0 Å². The van der Waals surface area contributed by atoms with Gasteiger partial charge >= 0.3 is 0 Å². The summed E-state index contributed by atoms with van der Waals surface area (Å²) in [5.74, 6) is -0.217. The summed E-state index contributed by atoms with van der Waals surface area (Å²) in [4.78, 5) is 14.3. The Morgan fingerprint density at radius 2 is 1.80 bits per heavy atom. The van der Waals surface area contributed by atoms with Crippen LogP contribution in [-0.2, 0) is 4.79 Å². The Labute approximate surface area is 118 Å². The normalized spacial score (nSPS) is 29.1. The number of benzene rings is 1. The molecular weight excluding hydrogens is 255 g/mol. The third-order valence-corrected chi connectivity index (χ3v) is 4.31. The average molecular weight is 274 g/mol. The zero-order valence-corrected chi connectivity index (χ0v) is 11.3. The smallest absolute Gasteiger partial charge is 0.247 e. The molecule has 2 saturated heterocycles. The standard InChI is InChI=1S/C16H19FN2O/c17-12-4-1-11(2-5-12)3-8-16(20)19-14-6-7-15(19)10-13(18)9-14/h1-5,8,13-15H,6-7,9-10,18H2/b8-3+. The van der Waals surface area contributed by atoms with Crippen molar-refractivity contribution < 1.29 is 9.18 Å². The molecule has 2 bridgehead atoms. The molecule has 0 radical (unpaired) electrons. The molecule has 20 heavy (non-hydrogen) atoms. The first-order chi connectivity index (χ1) is 9.63. The molecular formula is C16H19FN2O. The van der Waals surface area contributed by atoms with Gasteiger partial charge in [0.15, 0.2) is 0 Å². The van der Waals surface area contributed by atoms with E-state index in [1.165, 1.54) is 12.1 Å². The van der Waals surface area contributed by atoms with Gasteiger partial charge in [0.2, 0.25) is 5.91 Å². The van der Waals surface area contributed by atoms with Crippen LogP contribution in [0.5, 0.6) is 0 Å². The summed E-state index contributed by atoms with van der Waals surface area (Å²) in [6.45, 7) is 0. The van der Waals surface area contributed by atoms with Gasteiger partial charge in [-0.25, -0.2) is 4.39 Å². The van der Waals surface area contributed by atoms with Gasteiger partial charge < -0.3 is 10.6 Å². The highest BCUT2D eigenvalue weighted by molar-refractivity contribution is 5.92. The van der Waals surface area contributed by atoms with E-state index < -0.39 is 0 Å². The number of hydrogen-bond acceptors (Lipinski definition) is 2. The van der Waals surface area contributed by atoms with Crippen molar-refractivity contribution in [1.82, 2.24) is 4.90 Å². The van der Waals surface area contributed by atoms with Crippen molar-refractivity contribution in [2.75, 3.05) is 0 Å². The Morgan fingerprint density at radius 3 is 2.40 bits per heavy atom. The summed E-state index contributed by atoms with van der Waals surface area (Å²) in [6.07, 6.45) is 7.29. The summed E-state index contributed by atoms with van der Waals surface area (Å²) >= 11 is 0. The van der Waals surface area contributed by atoms with Gasteiger partial charge in [-0.05, 0) is 49.5 Å². The van der Waals surface area contributed by atoms with Gasteiger partial charge in [-0.2, -0.15) is 0 Å². The number of amides is 1. The fraction of sp³-hybridized carbons (Fsp3) is 0.438. The molecule has 1 aromatic rings. The van der Waals surface area contributed by atoms with Gasteiger partial charge in [0.1, 0.15) is 5.82 Å². The van der Waals surface area contributed by atoms with Crippen molar-refractivity contribution in [2.45, 2.75) is 43.8 Å². The molecule has 2 fully saturated rings. The van der Waals surface area contributed by atoms with E-state index >= 15 is 0 Å². The quantitative estimate of drug-likeness (QED) is 0.841. The molecule has 2 aliphatic heterocycles. The van der Waals surface area contributed by atoms with E-state index in [1.54, 1.807) is 24.3 Å². The molecule has 1 aromatic carbocycles. The van der Waals surface area contributed by atoms with Crippen LogP contribution in [0.3, 0.4) is 0 Å². The minimum atomic E-state index is -0.267. The van der Waals surface area contributed by atoms with Gasteiger partial charge in [-0.15, -0.1) is 0 Å². The second-order valence-corrected chi connectivity index (χ2v) is 5.75. The Kier molecular flexibility index (Phi) is 3.57. The van der Waals surface area contributed by atoms with Crippen molar-refractivity contribution in [2.24, 2.45) is 5.73 Å². The third-order valence-electron chi connectivity index (χ3n) is 4.31. The minimum Gasteiger partial charge on any atom is -0.333 e. The summed E-state index contributed by atoms with van der Waals surface area (Å²) < 4.78 is 12.8. The Hall–Kier alpha value is -1.68. The molecule has 1 amide bonds. The van der Waals surface area contributed by atoms with E-state index in [2.05, 4.69) is 0 Å². The van der Waals surface area contributed by atoms with E-state index in [1.807, 2.05) is 4.90 Å². The zero-order valence-electron chi connectivity index (χ0n) is 11.3. The number of halogens is 1. The highest BCUT2D eigenvalue weighted by atomic mass is 19.1. The third kappa shape index (κ3) is 2.61. The maximum absolute atomic E-state index is 12.8. The van der Waals surface area contributed by atoms with Crippen LogP contribution in [0.25, 0.3) is 6.08 Å². The van der Waals surface area contributed by atoms with Gasteiger partial charge in [-0.1, -0.05) is 12.1 Å². The molecule has 2 atom stereocenters. The fourth-order valence-corrected chi connectivity index (χ4v) is 3.41. The number of piperidine rings is 1. The van der Waals surface area contributed by atoms with E-state index in [9.17, 15) is 9.18 Å². The average Bonchev–Trinajstić information content (AvgIpc) is 2.70. The van der Waals surface area contributed by atoms with E-state index in [-0.39, 0.29) is 17.8 Å². The van der Waals surface area contributed by atoms with Crippen molar-refractivity contribution in [1.29, 1.82) is 0 Å². The molecule has 0 aromatic heterocycles. The maximum Gasteiger partial charge on any atom is 0.247 e. The van der Waals surface area contributed by atoms with Crippen LogP contribution in [0.15, 0.2) is 30.3 Å². The molecule has 2 aliphatic rings. The predicted molar refractivity (Wildman–Crippen MR) is 76.3 cm³/mol. The summed E-state index contributed by atoms with van der Waals surface area (Å²) in [5, 5.41) is 0. The Bertz CT molecular complexity index is 512. The van der Waals surface area contributed by atoms with E-state index in [0.29, 0.717) is 12.1 Å². The molecule has 4 heteroatoms. The first-order valence-corrected chi connectivity index (χ1v) is 7.15. The summed E-state index contributed by atoms with van der Waals surface area (Å²) in [6, 6.07) is 6.96. The molecule has 3 nitrogen and oxygen atoms in total. The first-order valence-electron chi connectivity index (χ1n) is 7.15. The number of nitrogens with two attached hydrogens (primary N) is 1. The highest BCUT2D eigenvalue weighted by Crippen LogP contribution is 2.35. The lowest BCUT2D eigenvalue weighted by Gasteiger charge is -2.37. The number of rotatable bonds is 2. The lowest BCUT2D eigenvalue weighted by Crippen LogP contribution is -2.49. The van der Waals surface area contributed by atoms with Crippen molar-refractivity contribution in [3.63, 3.8) is 0 Å². The van der Waals surface area contributed by atoms with Crippen molar-refractivity contribution >= 4 is 12.0 Å². The van der Waals surface area contributed by atoms with Crippen LogP contribution in [0, 0.1) is 5.82 Å². The monoisotopic (exact) mass is 274 g/mol. The Balaban J connectivity index is 1.69. The van der Waals surface area contributed by atoms with Gasteiger partial charge in [0.25, 0.3) is 0 Å². The predicted octanol–water partition coefficient (Wildman–Crippen LogP) is 2.32. The number of hydrogen-bond donors (Lipinski definition) is 1. The molecule has 3 rings (SSSR count). The summed E-state index contributed by atoms with van der Waals surface area (Å²) in [5.41, 5.74) is 6.84. The van der Waals surface area contributed by atoms with Crippen molar-refractivity contribution in [3.8, 4) is 0 Å². The number of nitrogens with zero attached hydrogens (tertiary/aromatic N) is 1. The lowest BCUT2D eigenvalue weighted by molar-refractivity contribution is -0.130. The molecule has 0 saturated carbocycles. The van der Waals surface area contributed by atoms with Crippen molar-refractivity contribution in [3.05, 3.63) is 41.7 Å². The molecule has 2 unspecified atom stereocenters. The topological polar surface area (TPSA) is 46.3 Å². The molecule has 106 valence electrons. The van der Waals surface area contributed by atoms with Crippen LogP contribution >= 0.6 is 0 Å². The molecule has 0 spiro atoms. The van der Waals surface area contributed by atoms with E-state index in [0.717, 1.165) is 31.2 Å². The molecule has 2 heterocycles. The summed E-state index contributed by atoms with van der Waals surface area (Å²) in [7, 11) is 0. The van der Waals surface area contributed by atoms with Crippen LogP contribution in [-0.4, -0.2) is 28.9 Å². The second-order valence-electron chi connectivity index (χ2n) is 5.75. The maximum atomic E-state index is 12.8. The van der Waals surface area contributed by atoms with Crippen LogP contribution in [0.1, 0.15) is 31.2 Å². The van der Waals surface area contributed by atoms with Crippen LogP contribution in [0.4, 0.5) is 4.39 Å². The highest BCUT2D eigenvalue weighted by Gasteiger charge is 2.41. The number of carbonyl (C=O) groups excluding carboxylic acids is 1. The SMILES string of the molecule is NC1CC2CCC(C1)N2C(=O)/C=C/c1ccc(F)cc1. The Morgan fingerprint density at radius 1 is 1.20 bits per heavy atom. The number of carbonyl (C=O) groups is 1. The second kappa shape index (κ2) is 5.37. The van der Waals surface area contributed by atoms with Crippen LogP contribution < -0.4 is 5.73 Å². The van der Waals surface area contributed by atoms with Crippen LogP contribution in [0.2, 0.25) is 0 Å². The minimum absolute atomic E-state index is 0.0497. The van der Waals surface area contributed by atoms with Gasteiger partial charge in [-0.3, -0.25) is 4.79 Å². The molecule has 0 aliphatic carbocycles. The number of fused-ring (bicyclic) bond motifs is 2. The fourth-order valence-electron chi connectivity index (χ4n) is 3.41. The van der Waals surface area contributed by atoms with E-state index in [4.69, 9.17) is 5.73 Å². The zero-order chi connectivity index (χ0) is 14.1. The largest absolute Gasteiger partial charge is 0.333 e. The first kappa shape index (κ1) is 13.3. The molecule has 2 N–H and O–H groups in total. The van der Waals surface area contributed by atoms with Gasteiger partial charge in [0, 0.05) is 24.2 Å². The lowest BCUT2D eigenvalue weighted by atomic mass is 9.98.